The maximum absolute atomic E-state index is 12.4. The lowest BCUT2D eigenvalue weighted by Gasteiger charge is -2.20. The Morgan fingerprint density at radius 1 is 1.24 bits per heavy atom. The summed E-state index contributed by atoms with van der Waals surface area (Å²) in [5, 5.41) is 12.5. The molecular weight excluding hydrogens is 280 g/mol. The lowest BCUT2D eigenvalue weighted by atomic mass is 10.0. The summed E-state index contributed by atoms with van der Waals surface area (Å²) < 4.78 is 34.5. The van der Waals surface area contributed by atoms with Gasteiger partial charge in [-0.25, -0.2) is 0 Å². The Morgan fingerprint density at radius 3 is 2.57 bits per heavy atom. The summed E-state index contributed by atoms with van der Waals surface area (Å²) in [6, 6.07) is 4.83. The van der Waals surface area contributed by atoms with E-state index >= 15 is 0 Å². The number of nitrogens with one attached hydrogen (secondary N) is 1. The van der Waals surface area contributed by atoms with E-state index in [1.54, 1.807) is 19.1 Å². The molecular formula is C15H23F2NO3. The molecule has 0 saturated heterocycles. The zero-order chi connectivity index (χ0) is 15.7. The molecule has 0 aliphatic rings. The molecule has 4 nitrogen and oxygen atoms in total. The van der Waals surface area contributed by atoms with Crippen molar-refractivity contribution in [2.75, 3.05) is 19.8 Å². The van der Waals surface area contributed by atoms with Crippen LogP contribution < -0.4 is 14.8 Å². The van der Waals surface area contributed by atoms with Gasteiger partial charge in [-0.3, -0.25) is 0 Å². The van der Waals surface area contributed by atoms with Crippen LogP contribution >= 0.6 is 0 Å². The van der Waals surface area contributed by atoms with Gasteiger partial charge in [-0.15, -0.1) is 0 Å². The van der Waals surface area contributed by atoms with Crippen LogP contribution in [0.5, 0.6) is 11.5 Å². The molecule has 0 fully saturated rings. The van der Waals surface area contributed by atoms with E-state index in [9.17, 15) is 8.78 Å². The highest BCUT2D eigenvalue weighted by molar-refractivity contribution is 5.44. The molecule has 0 radical (unpaired) electrons. The number of ether oxygens (including phenoxy) is 2. The van der Waals surface area contributed by atoms with Crippen molar-refractivity contribution < 1.29 is 23.4 Å². The predicted octanol–water partition coefficient (Wildman–Crippen LogP) is 3.11. The van der Waals surface area contributed by atoms with E-state index in [1.165, 1.54) is 6.07 Å². The number of aliphatic hydroxyl groups excluding tert-OH is 1. The largest absolute Gasteiger partial charge is 0.490 e. The number of hydrogen-bond acceptors (Lipinski definition) is 4. The minimum atomic E-state index is -2.89. The summed E-state index contributed by atoms with van der Waals surface area (Å²) in [4.78, 5) is 0. The van der Waals surface area contributed by atoms with Crippen LogP contribution in [0.1, 0.15) is 38.3 Å². The highest BCUT2D eigenvalue weighted by atomic mass is 19.3. The number of alkyl halides is 2. The fourth-order valence-electron chi connectivity index (χ4n) is 2.04. The molecule has 0 spiro atoms. The molecule has 0 amide bonds. The topological polar surface area (TPSA) is 50.7 Å². The van der Waals surface area contributed by atoms with Crippen LogP contribution in [0.3, 0.4) is 0 Å². The Balaban J connectivity index is 2.97. The van der Waals surface area contributed by atoms with Gasteiger partial charge in [-0.1, -0.05) is 13.0 Å². The van der Waals surface area contributed by atoms with Crippen molar-refractivity contribution in [2.24, 2.45) is 0 Å². The van der Waals surface area contributed by atoms with Gasteiger partial charge in [0.25, 0.3) is 0 Å². The van der Waals surface area contributed by atoms with Crippen LogP contribution in [0.2, 0.25) is 0 Å². The van der Waals surface area contributed by atoms with Gasteiger partial charge in [0.15, 0.2) is 11.5 Å². The van der Waals surface area contributed by atoms with Crippen LogP contribution in [0, 0.1) is 0 Å². The fourth-order valence-corrected chi connectivity index (χ4v) is 2.04. The van der Waals surface area contributed by atoms with Crippen LogP contribution in [0.25, 0.3) is 0 Å². The molecule has 120 valence electrons. The summed E-state index contributed by atoms with van der Waals surface area (Å²) in [5.41, 5.74) is 0.877. The number of benzene rings is 1. The minimum absolute atomic E-state index is 0.0221. The average molecular weight is 303 g/mol. The summed E-state index contributed by atoms with van der Waals surface area (Å²) in [6.07, 6.45) is 1.51. The second-order valence-corrected chi connectivity index (χ2v) is 4.54. The van der Waals surface area contributed by atoms with Gasteiger partial charge in [0.2, 0.25) is 0 Å². The fraction of sp³-hybridized carbons (Fsp3) is 0.600. The van der Waals surface area contributed by atoms with Crippen LogP contribution in [0.4, 0.5) is 8.78 Å². The molecule has 0 aromatic heterocycles. The zero-order valence-electron chi connectivity index (χ0n) is 12.4. The smallest absolute Gasteiger partial charge is 0.387 e. The SMILES string of the molecule is CCCNC(CCO)c1ccc(OC(F)F)c(OCC)c1. The molecule has 1 aromatic carbocycles. The molecule has 21 heavy (non-hydrogen) atoms. The zero-order valence-corrected chi connectivity index (χ0v) is 12.4. The van der Waals surface area contributed by atoms with Gasteiger partial charge in [-0.2, -0.15) is 8.78 Å². The van der Waals surface area contributed by atoms with E-state index in [1.807, 2.05) is 6.92 Å². The Morgan fingerprint density at radius 2 is 2.00 bits per heavy atom. The Kier molecular flexibility index (Phi) is 8.00. The van der Waals surface area contributed by atoms with Gasteiger partial charge < -0.3 is 19.9 Å². The summed E-state index contributed by atoms with van der Waals surface area (Å²) in [6.45, 7) is 2.15. The van der Waals surface area contributed by atoms with Gasteiger partial charge >= 0.3 is 6.61 Å². The maximum atomic E-state index is 12.4. The molecule has 2 N–H and O–H groups in total. The highest BCUT2D eigenvalue weighted by Crippen LogP contribution is 2.32. The van der Waals surface area contributed by atoms with Crippen LogP contribution in [-0.2, 0) is 0 Å². The standard InChI is InChI=1S/C15H23F2NO3/c1-3-8-18-12(7-9-19)11-5-6-13(21-15(16)17)14(10-11)20-4-2/h5-6,10,12,15,18-19H,3-4,7-9H2,1-2H3. The van der Waals surface area contributed by atoms with E-state index in [4.69, 9.17) is 9.84 Å². The van der Waals surface area contributed by atoms with E-state index in [0.717, 1.165) is 18.5 Å². The monoisotopic (exact) mass is 303 g/mol. The quantitative estimate of drug-likeness (QED) is 0.697. The summed E-state index contributed by atoms with van der Waals surface area (Å²) >= 11 is 0. The summed E-state index contributed by atoms with van der Waals surface area (Å²) in [5.74, 6) is 0.311. The Hall–Kier alpha value is -1.40. The van der Waals surface area contributed by atoms with Crippen molar-refractivity contribution in [3.05, 3.63) is 23.8 Å². The van der Waals surface area contributed by atoms with Crippen molar-refractivity contribution >= 4 is 0 Å². The molecule has 1 unspecified atom stereocenters. The molecule has 1 atom stereocenters. The average Bonchev–Trinajstić information content (AvgIpc) is 2.45. The second kappa shape index (κ2) is 9.52. The molecule has 0 saturated carbocycles. The first-order valence-corrected chi connectivity index (χ1v) is 7.18. The predicted molar refractivity (Wildman–Crippen MR) is 77.0 cm³/mol. The Bertz CT molecular complexity index is 416. The van der Waals surface area contributed by atoms with Crippen LogP contribution in [0.15, 0.2) is 18.2 Å². The molecule has 0 aliphatic carbocycles. The van der Waals surface area contributed by atoms with Crippen molar-refractivity contribution in [2.45, 2.75) is 39.3 Å². The van der Waals surface area contributed by atoms with Crippen molar-refractivity contribution in [3.63, 3.8) is 0 Å². The lowest BCUT2D eigenvalue weighted by molar-refractivity contribution is -0.0514. The first kappa shape index (κ1) is 17.7. The number of aliphatic hydroxyl groups is 1. The number of hydrogen-bond donors (Lipinski definition) is 2. The molecule has 0 aliphatic heterocycles. The third-order valence-corrected chi connectivity index (χ3v) is 2.94. The molecule has 0 heterocycles. The number of rotatable bonds is 10. The maximum Gasteiger partial charge on any atom is 0.387 e. The number of halogens is 2. The molecule has 1 aromatic rings. The third-order valence-electron chi connectivity index (χ3n) is 2.94. The van der Waals surface area contributed by atoms with Gasteiger partial charge in [0.1, 0.15) is 0 Å². The van der Waals surface area contributed by atoms with E-state index in [2.05, 4.69) is 10.1 Å². The van der Waals surface area contributed by atoms with Gasteiger partial charge in [0.05, 0.1) is 6.61 Å². The van der Waals surface area contributed by atoms with Crippen LogP contribution in [-0.4, -0.2) is 31.5 Å². The third kappa shape index (κ3) is 5.85. The Labute approximate surface area is 124 Å². The lowest BCUT2D eigenvalue weighted by Crippen LogP contribution is -2.23. The normalized spacial score (nSPS) is 12.5. The highest BCUT2D eigenvalue weighted by Gasteiger charge is 2.16. The van der Waals surface area contributed by atoms with Crippen molar-refractivity contribution in [3.8, 4) is 11.5 Å². The van der Waals surface area contributed by atoms with E-state index in [-0.39, 0.29) is 24.1 Å². The van der Waals surface area contributed by atoms with E-state index in [0.29, 0.717) is 13.0 Å². The molecule has 6 heteroatoms. The minimum Gasteiger partial charge on any atom is -0.490 e. The van der Waals surface area contributed by atoms with Gasteiger partial charge in [0, 0.05) is 12.6 Å². The van der Waals surface area contributed by atoms with E-state index < -0.39 is 6.61 Å². The molecule has 0 bridgehead atoms. The van der Waals surface area contributed by atoms with Crippen molar-refractivity contribution in [1.29, 1.82) is 0 Å². The first-order chi connectivity index (χ1) is 10.1. The summed E-state index contributed by atoms with van der Waals surface area (Å²) in [7, 11) is 0. The van der Waals surface area contributed by atoms with Gasteiger partial charge in [-0.05, 0) is 44.0 Å². The van der Waals surface area contributed by atoms with Crippen molar-refractivity contribution in [1.82, 2.24) is 5.32 Å². The second-order valence-electron chi connectivity index (χ2n) is 4.54. The first-order valence-electron chi connectivity index (χ1n) is 7.18. The molecule has 1 rings (SSSR count).